The standard InChI is InChI=1S/C16H21ClN2/c1-4-16(5-2,11-17)19-15-10-12(3)18-14-9-7-6-8-13(14)15/h6-10H,4-5,11H2,1-3H3,(H,18,19). The molecule has 0 amide bonds. The second-order valence-corrected chi connectivity index (χ2v) is 5.34. The predicted octanol–water partition coefficient (Wildman–Crippen LogP) is 4.75. The smallest absolute Gasteiger partial charge is 0.0725 e. The van der Waals surface area contributed by atoms with Crippen LogP contribution < -0.4 is 5.32 Å². The molecule has 2 nitrogen and oxygen atoms in total. The number of benzene rings is 1. The number of alkyl halides is 1. The van der Waals surface area contributed by atoms with Crippen molar-refractivity contribution >= 4 is 28.2 Å². The molecule has 0 aliphatic rings. The summed E-state index contributed by atoms with van der Waals surface area (Å²) in [5.74, 6) is 0.607. The highest BCUT2D eigenvalue weighted by atomic mass is 35.5. The van der Waals surface area contributed by atoms with E-state index in [1.165, 1.54) is 0 Å². The molecular formula is C16H21ClN2. The van der Waals surface area contributed by atoms with Crippen LogP contribution in [0.5, 0.6) is 0 Å². The monoisotopic (exact) mass is 276 g/mol. The molecule has 19 heavy (non-hydrogen) atoms. The molecule has 2 aromatic rings. The number of anilines is 1. The molecule has 0 saturated heterocycles. The van der Waals surface area contributed by atoms with Gasteiger partial charge in [-0.1, -0.05) is 32.0 Å². The molecule has 0 atom stereocenters. The summed E-state index contributed by atoms with van der Waals surface area (Å²) in [6, 6.07) is 10.3. The number of hydrogen-bond acceptors (Lipinski definition) is 2. The van der Waals surface area contributed by atoms with Crippen molar-refractivity contribution in [2.24, 2.45) is 0 Å². The molecule has 1 N–H and O–H groups in total. The average Bonchev–Trinajstić information content (AvgIpc) is 2.44. The maximum Gasteiger partial charge on any atom is 0.0725 e. The quantitative estimate of drug-likeness (QED) is 0.797. The highest BCUT2D eigenvalue weighted by Gasteiger charge is 2.25. The number of para-hydroxylation sites is 1. The molecule has 1 aromatic heterocycles. The first-order valence-electron chi connectivity index (χ1n) is 6.84. The number of nitrogens with zero attached hydrogens (tertiary/aromatic N) is 1. The van der Waals surface area contributed by atoms with E-state index in [1.54, 1.807) is 0 Å². The lowest BCUT2D eigenvalue weighted by Crippen LogP contribution is -2.39. The Hall–Kier alpha value is -1.28. The van der Waals surface area contributed by atoms with Gasteiger partial charge in [-0.2, -0.15) is 0 Å². The zero-order chi connectivity index (χ0) is 13.9. The van der Waals surface area contributed by atoms with Gasteiger partial charge in [0.2, 0.25) is 0 Å². The van der Waals surface area contributed by atoms with Gasteiger partial charge in [0.25, 0.3) is 0 Å². The van der Waals surface area contributed by atoms with Gasteiger partial charge in [-0.05, 0) is 31.9 Å². The molecule has 0 aliphatic heterocycles. The van der Waals surface area contributed by atoms with Gasteiger partial charge in [-0.3, -0.25) is 4.98 Å². The van der Waals surface area contributed by atoms with Crippen LogP contribution in [0.1, 0.15) is 32.4 Å². The lowest BCUT2D eigenvalue weighted by molar-refractivity contribution is 0.485. The second-order valence-electron chi connectivity index (χ2n) is 5.07. The molecule has 2 rings (SSSR count). The molecule has 102 valence electrons. The van der Waals surface area contributed by atoms with Crippen molar-refractivity contribution in [3.05, 3.63) is 36.0 Å². The maximum atomic E-state index is 6.19. The topological polar surface area (TPSA) is 24.9 Å². The molecule has 0 unspecified atom stereocenters. The average molecular weight is 277 g/mol. The fourth-order valence-electron chi connectivity index (χ4n) is 2.35. The minimum absolute atomic E-state index is 0.0435. The number of fused-ring (bicyclic) bond motifs is 1. The van der Waals surface area contributed by atoms with Crippen LogP contribution in [-0.4, -0.2) is 16.4 Å². The van der Waals surface area contributed by atoms with Crippen LogP contribution in [0.3, 0.4) is 0 Å². The summed E-state index contributed by atoms with van der Waals surface area (Å²) in [5, 5.41) is 4.81. The number of aromatic nitrogens is 1. The van der Waals surface area contributed by atoms with Crippen LogP contribution in [0.15, 0.2) is 30.3 Å². The molecule has 0 spiro atoms. The van der Waals surface area contributed by atoms with E-state index in [-0.39, 0.29) is 5.54 Å². The third-order valence-corrected chi connectivity index (χ3v) is 4.37. The van der Waals surface area contributed by atoms with Crippen molar-refractivity contribution in [2.45, 2.75) is 39.2 Å². The number of halogens is 1. The number of pyridine rings is 1. The zero-order valence-electron chi connectivity index (χ0n) is 11.8. The molecule has 0 radical (unpaired) electrons. The maximum absolute atomic E-state index is 6.19. The third kappa shape index (κ3) is 2.84. The Kier molecular flexibility index (Phi) is 4.31. The molecule has 1 heterocycles. The van der Waals surface area contributed by atoms with Crippen LogP contribution in [0.4, 0.5) is 5.69 Å². The molecule has 0 fully saturated rings. The predicted molar refractivity (Wildman–Crippen MR) is 84.1 cm³/mol. The summed E-state index contributed by atoms with van der Waals surface area (Å²) >= 11 is 6.19. The first-order valence-corrected chi connectivity index (χ1v) is 7.38. The van der Waals surface area contributed by atoms with E-state index in [4.69, 9.17) is 11.6 Å². The van der Waals surface area contributed by atoms with Crippen molar-refractivity contribution in [1.29, 1.82) is 0 Å². The van der Waals surface area contributed by atoms with Crippen LogP contribution in [-0.2, 0) is 0 Å². The number of rotatable bonds is 5. The van der Waals surface area contributed by atoms with Gasteiger partial charge in [-0.15, -0.1) is 11.6 Å². The summed E-state index contributed by atoms with van der Waals surface area (Å²) in [6.07, 6.45) is 2.01. The number of hydrogen-bond donors (Lipinski definition) is 1. The fourth-order valence-corrected chi connectivity index (χ4v) is 2.79. The summed E-state index contributed by atoms with van der Waals surface area (Å²) in [5.41, 5.74) is 3.14. The minimum atomic E-state index is -0.0435. The van der Waals surface area contributed by atoms with Gasteiger partial charge >= 0.3 is 0 Å². The zero-order valence-corrected chi connectivity index (χ0v) is 12.6. The van der Waals surface area contributed by atoms with Crippen LogP contribution in [0, 0.1) is 6.92 Å². The molecule has 1 aromatic carbocycles. The Morgan fingerprint density at radius 3 is 2.53 bits per heavy atom. The first-order chi connectivity index (χ1) is 9.14. The van der Waals surface area contributed by atoms with Crippen molar-refractivity contribution in [3.8, 4) is 0 Å². The molecule has 0 aliphatic carbocycles. The first kappa shape index (κ1) is 14.1. The van der Waals surface area contributed by atoms with Gasteiger partial charge in [-0.25, -0.2) is 0 Å². The largest absolute Gasteiger partial charge is 0.378 e. The highest BCUT2D eigenvalue weighted by Crippen LogP contribution is 2.29. The molecule has 0 bridgehead atoms. The molecule has 3 heteroatoms. The Balaban J connectivity index is 2.50. The van der Waals surface area contributed by atoms with E-state index in [0.717, 1.165) is 35.1 Å². The van der Waals surface area contributed by atoms with E-state index in [9.17, 15) is 0 Å². The van der Waals surface area contributed by atoms with E-state index in [1.807, 2.05) is 25.1 Å². The summed E-state index contributed by atoms with van der Waals surface area (Å²) in [4.78, 5) is 4.57. The number of nitrogens with one attached hydrogen (secondary N) is 1. The number of aryl methyl sites for hydroxylation is 1. The van der Waals surface area contributed by atoms with Crippen LogP contribution in [0.2, 0.25) is 0 Å². The normalized spacial score (nSPS) is 11.8. The van der Waals surface area contributed by atoms with Crippen molar-refractivity contribution < 1.29 is 0 Å². The van der Waals surface area contributed by atoms with Gasteiger partial charge in [0, 0.05) is 22.6 Å². The van der Waals surface area contributed by atoms with Crippen LogP contribution >= 0.6 is 11.6 Å². The lowest BCUT2D eigenvalue weighted by atomic mass is 9.94. The summed E-state index contributed by atoms with van der Waals surface area (Å²) < 4.78 is 0. The van der Waals surface area contributed by atoms with E-state index < -0.39 is 0 Å². The van der Waals surface area contributed by atoms with Gasteiger partial charge in [0.15, 0.2) is 0 Å². The Bertz CT molecular complexity index is 553. The van der Waals surface area contributed by atoms with Gasteiger partial charge in [0.1, 0.15) is 0 Å². The third-order valence-electron chi connectivity index (χ3n) is 3.85. The van der Waals surface area contributed by atoms with Gasteiger partial charge in [0.05, 0.1) is 11.1 Å². The van der Waals surface area contributed by atoms with E-state index in [0.29, 0.717) is 5.88 Å². The SMILES string of the molecule is CCC(CC)(CCl)Nc1cc(C)nc2ccccc12. The fraction of sp³-hybridized carbons (Fsp3) is 0.438. The lowest BCUT2D eigenvalue weighted by Gasteiger charge is -2.32. The summed E-state index contributed by atoms with van der Waals surface area (Å²) in [7, 11) is 0. The van der Waals surface area contributed by atoms with Crippen molar-refractivity contribution in [2.75, 3.05) is 11.2 Å². The highest BCUT2D eigenvalue weighted by molar-refractivity contribution is 6.19. The van der Waals surface area contributed by atoms with E-state index >= 15 is 0 Å². The van der Waals surface area contributed by atoms with Gasteiger partial charge < -0.3 is 5.32 Å². The van der Waals surface area contributed by atoms with Crippen molar-refractivity contribution in [3.63, 3.8) is 0 Å². The Morgan fingerprint density at radius 1 is 1.21 bits per heavy atom. The Labute approximate surface area is 120 Å². The Morgan fingerprint density at radius 2 is 1.89 bits per heavy atom. The van der Waals surface area contributed by atoms with Crippen molar-refractivity contribution in [1.82, 2.24) is 4.98 Å². The molecule has 0 saturated carbocycles. The minimum Gasteiger partial charge on any atom is -0.378 e. The second kappa shape index (κ2) is 5.79. The summed E-state index contributed by atoms with van der Waals surface area (Å²) in [6.45, 7) is 6.38. The van der Waals surface area contributed by atoms with E-state index in [2.05, 4.69) is 36.3 Å². The van der Waals surface area contributed by atoms with Crippen LogP contribution in [0.25, 0.3) is 10.9 Å². The molecular weight excluding hydrogens is 256 g/mol.